The van der Waals surface area contributed by atoms with Crippen LogP contribution in [0.2, 0.25) is 0 Å². The summed E-state index contributed by atoms with van der Waals surface area (Å²) in [6.45, 7) is 4.42. The first-order chi connectivity index (χ1) is 12.7. The van der Waals surface area contributed by atoms with Gasteiger partial charge in [0.25, 0.3) is 5.91 Å². The highest BCUT2D eigenvalue weighted by Gasteiger charge is 2.19. The Morgan fingerprint density at radius 1 is 1.15 bits per heavy atom. The molecule has 3 aromatic heterocycles. The zero-order chi connectivity index (χ0) is 18.1. The Labute approximate surface area is 150 Å². The Morgan fingerprint density at radius 2 is 1.96 bits per heavy atom. The van der Waals surface area contributed by atoms with E-state index in [9.17, 15) is 4.79 Å². The Bertz CT molecular complexity index is 1050. The molecule has 0 aliphatic heterocycles. The lowest BCUT2D eigenvalue weighted by atomic mass is 10.2. The molecule has 1 amide bonds. The maximum absolute atomic E-state index is 13.0. The molecule has 0 N–H and O–H groups in total. The van der Waals surface area contributed by atoms with E-state index < -0.39 is 0 Å². The summed E-state index contributed by atoms with van der Waals surface area (Å²) in [5.74, 6) is 0.535. The molecule has 6 heteroatoms. The second-order valence-corrected chi connectivity index (χ2v) is 5.94. The van der Waals surface area contributed by atoms with Crippen molar-refractivity contribution in [2.24, 2.45) is 0 Å². The minimum absolute atomic E-state index is 0.134. The van der Waals surface area contributed by atoms with Gasteiger partial charge in [-0.3, -0.25) is 4.79 Å². The van der Waals surface area contributed by atoms with Crippen LogP contribution in [0.5, 0.6) is 0 Å². The summed E-state index contributed by atoms with van der Waals surface area (Å²) >= 11 is 0. The molecule has 0 unspecified atom stereocenters. The van der Waals surface area contributed by atoms with Crippen LogP contribution < -0.4 is 4.90 Å². The average molecular weight is 346 g/mol. The lowest BCUT2D eigenvalue weighted by Gasteiger charge is -2.20. The standard InChI is InChI=1S/C20H18N4O2/c1-3-23(15-8-5-4-6-9-15)20(25)17-12-14(2)24-19(21-17)13-16(22-24)18-10-7-11-26-18/h4-13H,3H2,1-2H3. The predicted molar refractivity (Wildman–Crippen MR) is 99.2 cm³/mol. The van der Waals surface area contributed by atoms with Crippen molar-refractivity contribution in [1.29, 1.82) is 0 Å². The molecule has 0 aliphatic carbocycles. The van der Waals surface area contributed by atoms with E-state index in [1.165, 1.54) is 0 Å². The largest absolute Gasteiger partial charge is 0.463 e. The average Bonchev–Trinajstić information content (AvgIpc) is 3.32. The van der Waals surface area contributed by atoms with Gasteiger partial charge in [0.15, 0.2) is 11.4 Å². The molecule has 6 nitrogen and oxygen atoms in total. The van der Waals surface area contributed by atoms with Gasteiger partial charge in [0.2, 0.25) is 0 Å². The van der Waals surface area contributed by atoms with E-state index in [0.29, 0.717) is 29.3 Å². The molecular weight excluding hydrogens is 328 g/mol. The molecule has 1 aromatic carbocycles. The number of carbonyl (C=O) groups excluding carboxylic acids is 1. The zero-order valence-electron chi connectivity index (χ0n) is 14.6. The second-order valence-electron chi connectivity index (χ2n) is 5.94. The number of fused-ring (bicyclic) bond motifs is 1. The number of hydrogen-bond acceptors (Lipinski definition) is 4. The van der Waals surface area contributed by atoms with Gasteiger partial charge in [0.05, 0.1) is 6.26 Å². The molecule has 3 heterocycles. The van der Waals surface area contributed by atoms with Crippen molar-refractivity contribution in [3.63, 3.8) is 0 Å². The molecule has 0 spiro atoms. The Morgan fingerprint density at radius 3 is 2.65 bits per heavy atom. The first-order valence-corrected chi connectivity index (χ1v) is 8.45. The third kappa shape index (κ3) is 2.75. The fourth-order valence-electron chi connectivity index (χ4n) is 2.97. The third-order valence-corrected chi connectivity index (χ3v) is 4.23. The maximum atomic E-state index is 13.0. The molecular formula is C20H18N4O2. The molecule has 0 fully saturated rings. The van der Waals surface area contributed by atoms with E-state index in [1.54, 1.807) is 21.7 Å². The summed E-state index contributed by atoms with van der Waals surface area (Å²) < 4.78 is 7.12. The van der Waals surface area contributed by atoms with Gasteiger partial charge in [-0.1, -0.05) is 18.2 Å². The number of anilines is 1. The first-order valence-electron chi connectivity index (χ1n) is 8.45. The van der Waals surface area contributed by atoms with E-state index >= 15 is 0 Å². The topological polar surface area (TPSA) is 63.6 Å². The number of benzene rings is 1. The van der Waals surface area contributed by atoms with Crippen LogP contribution in [0.25, 0.3) is 17.1 Å². The van der Waals surface area contributed by atoms with Crippen LogP contribution in [-0.2, 0) is 0 Å². The van der Waals surface area contributed by atoms with Gasteiger partial charge in [-0.25, -0.2) is 9.50 Å². The highest BCUT2D eigenvalue weighted by Crippen LogP contribution is 2.22. The zero-order valence-corrected chi connectivity index (χ0v) is 14.6. The van der Waals surface area contributed by atoms with E-state index in [1.807, 2.05) is 62.4 Å². The van der Waals surface area contributed by atoms with E-state index in [-0.39, 0.29) is 5.91 Å². The highest BCUT2D eigenvalue weighted by molar-refractivity contribution is 6.05. The van der Waals surface area contributed by atoms with Gasteiger partial charge in [-0.15, -0.1) is 0 Å². The molecule has 4 aromatic rings. The number of aryl methyl sites for hydroxylation is 1. The predicted octanol–water partition coefficient (Wildman–Crippen LogP) is 3.96. The van der Waals surface area contributed by atoms with Crippen LogP contribution in [0.1, 0.15) is 23.1 Å². The summed E-state index contributed by atoms with van der Waals surface area (Å²) in [6.07, 6.45) is 1.60. The lowest BCUT2D eigenvalue weighted by molar-refractivity contribution is 0.0983. The van der Waals surface area contributed by atoms with Crippen LogP contribution in [0, 0.1) is 6.92 Å². The van der Waals surface area contributed by atoms with E-state index in [0.717, 1.165) is 11.4 Å². The smallest absolute Gasteiger partial charge is 0.277 e. The highest BCUT2D eigenvalue weighted by atomic mass is 16.3. The van der Waals surface area contributed by atoms with Crippen LogP contribution >= 0.6 is 0 Å². The normalized spacial score (nSPS) is 11.0. The molecule has 0 saturated carbocycles. The SMILES string of the molecule is CCN(C(=O)c1cc(C)n2nc(-c3ccco3)cc2n1)c1ccccc1. The number of amides is 1. The van der Waals surface area contributed by atoms with Gasteiger partial charge in [-0.05, 0) is 44.2 Å². The summed E-state index contributed by atoms with van der Waals surface area (Å²) in [5, 5.41) is 4.51. The number of para-hydroxylation sites is 1. The number of carbonyl (C=O) groups is 1. The molecule has 4 rings (SSSR count). The molecule has 26 heavy (non-hydrogen) atoms. The van der Waals surface area contributed by atoms with Crippen molar-refractivity contribution in [1.82, 2.24) is 14.6 Å². The lowest BCUT2D eigenvalue weighted by Crippen LogP contribution is -2.31. The Hall–Kier alpha value is -3.41. The number of nitrogens with zero attached hydrogens (tertiary/aromatic N) is 4. The minimum Gasteiger partial charge on any atom is -0.463 e. The first kappa shape index (κ1) is 16.1. The number of rotatable bonds is 4. The van der Waals surface area contributed by atoms with Crippen molar-refractivity contribution in [3.8, 4) is 11.5 Å². The van der Waals surface area contributed by atoms with E-state index in [4.69, 9.17) is 4.42 Å². The fraction of sp³-hybridized carbons (Fsp3) is 0.150. The second kappa shape index (κ2) is 6.48. The summed E-state index contributed by atoms with van der Waals surface area (Å²) in [6, 6.07) is 16.8. The summed E-state index contributed by atoms with van der Waals surface area (Å²) in [4.78, 5) is 19.3. The fourth-order valence-corrected chi connectivity index (χ4v) is 2.97. The number of aromatic nitrogens is 3. The molecule has 0 saturated heterocycles. The van der Waals surface area contributed by atoms with Gasteiger partial charge in [0.1, 0.15) is 11.4 Å². The van der Waals surface area contributed by atoms with Gasteiger partial charge in [-0.2, -0.15) is 5.10 Å². The molecule has 130 valence electrons. The van der Waals surface area contributed by atoms with Gasteiger partial charge >= 0.3 is 0 Å². The minimum atomic E-state index is -0.134. The van der Waals surface area contributed by atoms with Crippen molar-refractivity contribution < 1.29 is 9.21 Å². The van der Waals surface area contributed by atoms with Crippen LogP contribution in [0.4, 0.5) is 5.69 Å². The van der Waals surface area contributed by atoms with Crippen molar-refractivity contribution in [2.45, 2.75) is 13.8 Å². The molecule has 0 bridgehead atoms. The van der Waals surface area contributed by atoms with Crippen molar-refractivity contribution >= 4 is 17.2 Å². The molecule has 0 radical (unpaired) electrons. The molecule has 0 aliphatic rings. The van der Waals surface area contributed by atoms with Crippen molar-refractivity contribution in [2.75, 3.05) is 11.4 Å². The maximum Gasteiger partial charge on any atom is 0.277 e. The van der Waals surface area contributed by atoms with Gasteiger partial charge in [0, 0.05) is 24.0 Å². The molecule has 0 atom stereocenters. The quantitative estimate of drug-likeness (QED) is 0.561. The van der Waals surface area contributed by atoms with Crippen molar-refractivity contribution in [3.05, 3.63) is 72.2 Å². The van der Waals surface area contributed by atoms with Crippen LogP contribution in [0.15, 0.2) is 65.3 Å². The Balaban J connectivity index is 1.75. The monoisotopic (exact) mass is 346 g/mol. The Kier molecular flexibility index (Phi) is 4.01. The van der Waals surface area contributed by atoms with Gasteiger partial charge < -0.3 is 9.32 Å². The van der Waals surface area contributed by atoms with Crippen LogP contribution in [-0.4, -0.2) is 27.0 Å². The summed E-state index contributed by atoms with van der Waals surface area (Å²) in [5.41, 5.74) is 3.38. The third-order valence-electron chi connectivity index (χ3n) is 4.23. The van der Waals surface area contributed by atoms with Crippen LogP contribution in [0.3, 0.4) is 0 Å². The number of furan rings is 1. The van der Waals surface area contributed by atoms with E-state index in [2.05, 4.69) is 10.1 Å². The number of hydrogen-bond donors (Lipinski definition) is 0. The summed E-state index contributed by atoms with van der Waals surface area (Å²) in [7, 11) is 0.